The average molecular weight is 473 g/mol. The number of halogens is 3. The Morgan fingerprint density at radius 2 is 1.88 bits per heavy atom. The first kappa shape index (κ1) is 25.5. The van der Waals surface area contributed by atoms with Gasteiger partial charge in [0.1, 0.15) is 23.5 Å². The monoisotopic (exact) mass is 472 g/mol. The summed E-state index contributed by atoms with van der Waals surface area (Å²) < 4.78 is 42.7. The van der Waals surface area contributed by atoms with Crippen LogP contribution in [0.15, 0.2) is 59.3 Å². The van der Waals surface area contributed by atoms with Gasteiger partial charge in [-0.15, -0.1) is 0 Å². The summed E-state index contributed by atoms with van der Waals surface area (Å²) in [6.45, 7) is 6.57. The van der Waals surface area contributed by atoms with Crippen molar-refractivity contribution in [1.29, 1.82) is 0 Å². The third-order valence-corrected chi connectivity index (χ3v) is 5.60. The number of hydrazine groups is 1. The van der Waals surface area contributed by atoms with Crippen molar-refractivity contribution >= 4 is 11.7 Å². The van der Waals surface area contributed by atoms with Gasteiger partial charge in [0, 0.05) is 23.9 Å². The van der Waals surface area contributed by atoms with E-state index < -0.39 is 17.7 Å². The van der Waals surface area contributed by atoms with E-state index in [2.05, 4.69) is 34.1 Å². The minimum absolute atomic E-state index is 0.0574. The SMILES string of the molecule is CCCN(CCC)Cc1ccc(-c2cnc(N)c(C(=NC3CC=CC(F)=C3F)NN)c2)cc1F. The molecule has 0 fully saturated rings. The van der Waals surface area contributed by atoms with Crippen molar-refractivity contribution in [1.82, 2.24) is 15.3 Å². The third-order valence-electron chi connectivity index (χ3n) is 5.60. The van der Waals surface area contributed by atoms with E-state index in [0.717, 1.165) is 32.0 Å². The number of nitrogens with zero attached hydrogens (tertiary/aromatic N) is 3. The first-order valence-electron chi connectivity index (χ1n) is 11.4. The van der Waals surface area contributed by atoms with Crippen LogP contribution in [-0.4, -0.2) is 34.9 Å². The van der Waals surface area contributed by atoms with E-state index >= 15 is 0 Å². The topological polar surface area (TPSA) is 92.6 Å². The molecular weight excluding hydrogens is 441 g/mol. The molecule has 1 aromatic heterocycles. The third kappa shape index (κ3) is 6.03. The molecule has 1 aromatic carbocycles. The zero-order valence-corrected chi connectivity index (χ0v) is 19.5. The van der Waals surface area contributed by atoms with Crippen molar-refractivity contribution in [2.45, 2.75) is 45.7 Å². The van der Waals surface area contributed by atoms with Crippen molar-refractivity contribution in [3.63, 3.8) is 0 Å². The van der Waals surface area contributed by atoms with E-state index in [9.17, 15) is 13.2 Å². The predicted octanol–water partition coefficient (Wildman–Crippen LogP) is 4.78. The molecule has 6 nitrogen and oxygen atoms in total. The van der Waals surface area contributed by atoms with Crippen LogP contribution in [0.3, 0.4) is 0 Å². The van der Waals surface area contributed by atoms with Gasteiger partial charge in [-0.1, -0.05) is 32.1 Å². The second-order valence-corrected chi connectivity index (χ2v) is 8.21. The number of rotatable bonds is 9. The Labute approximate surface area is 198 Å². The molecule has 0 amide bonds. The lowest BCUT2D eigenvalue weighted by Gasteiger charge is -2.21. The highest BCUT2D eigenvalue weighted by Gasteiger charge is 2.22. The number of nitrogen functional groups attached to an aromatic ring is 1. The first-order valence-corrected chi connectivity index (χ1v) is 11.4. The quantitative estimate of drug-likeness (QED) is 0.211. The molecule has 34 heavy (non-hydrogen) atoms. The van der Waals surface area contributed by atoms with Crippen LogP contribution in [0.1, 0.15) is 44.2 Å². The van der Waals surface area contributed by atoms with Gasteiger partial charge >= 0.3 is 0 Å². The van der Waals surface area contributed by atoms with Gasteiger partial charge in [0.05, 0.1) is 5.56 Å². The maximum Gasteiger partial charge on any atom is 0.160 e. The molecule has 2 aromatic rings. The molecule has 1 atom stereocenters. The minimum atomic E-state index is -1.06. The molecule has 5 N–H and O–H groups in total. The van der Waals surface area contributed by atoms with Crippen LogP contribution in [0.2, 0.25) is 0 Å². The number of allylic oxidation sites excluding steroid dienone is 2. The second-order valence-electron chi connectivity index (χ2n) is 8.21. The summed E-state index contributed by atoms with van der Waals surface area (Å²) >= 11 is 0. The average Bonchev–Trinajstić information content (AvgIpc) is 2.82. The summed E-state index contributed by atoms with van der Waals surface area (Å²) in [4.78, 5) is 10.6. The summed E-state index contributed by atoms with van der Waals surface area (Å²) in [6, 6.07) is 5.63. The molecule has 1 heterocycles. The van der Waals surface area contributed by atoms with E-state index in [1.807, 2.05) is 6.07 Å². The first-order chi connectivity index (χ1) is 16.4. The van der Waals surface area contributed by atoms with E-state index in [0.29, 0.717) is 28.8 Å². The van der Waals surface area contributed by atoms with Crippen LogP contribution in [0, 0.1) is 5.82 Å². The molecule has 0 bridgehead atoms. The number of nitrogens with two attached hydrogens (primary N) is 2. The fraction of sp³-hybridized carbons (Fsp3) is 0.360. The van der Waals surface area contributed by atoms with Crippen molar-refractivity contribution in [2.75, 3.05) is 18.8 Å². The highest BCUT2D eigenvalue weighted by molar-refractivity contribution is 6.03. The smallest absolute Gasteiger partial charge is 0.160 e. The van der Waals surface area contributed by atoms with Crippen molar-refractivity contribution in [3.8, 4) is 11.1 Å². The van der Waals surface area contributed by atoms with Crippen molar-refractivity contribution < 1.29 is 13.2 Å². The van der Waals surface area contributed by atoms with Gasteiger partial charge < -0.3 is 11.2 Å². The Kier molecular flexibility index (Phi) is 8.84. The summed E-state index contributed by atoms with van der Waals surface area (Å²) in [7, 11) is 0. The van der Waals surface area contributed by atoms with Gasteiger partial charge in [-0.2, -0.15) is 0 Å². The standard InChI is InChI=1S/C25H31F3N6/c1-3-10-34(11-4-2)15-17-9-8-16(13-21(17)27)18-12-19(24(29)31-14-18)25(33-30)32-22-7-5-6-20(26)23(22)28/h5-6,8-9,12-14,22H,3-4,7,10-11,15,30H2,1-2H3,(H2,29,31)(H,32,33). The lowest BCUT2D eigenvalue weighted by Crippen LogP contribution is -2.33. The zero-order valence-electron chi connectivity index (χ0n) is 19.5. The number of nitrogens with one attached hydrogen (secondary N) is 1. The Hall–Kier alpha value is -3.17. The summed E-state index contributed by atoms with van der Waals surface area (Å²) in [6.07, 6.45) is 6.26. The van der Waals surface area contributed by atoms with Gasteiger partial charge in [-0.25, -0.2) is 24.0 Å². The Morgan fingerprint density at radius 3 is 2.53 bits per heavy atom. The molecule has 0 saturated heterocycles. The highest BCUT2D eigenvalue weighted by atomic mass is 19.2. The van der Waals surface area contributed by atoms with Gasteiger partial charge in [0.2, 0.25) is 0 Å². The lowest BCUT2D eigenvalue weighted by molar-refractivity contribution is 0.263. The van der Waals surface area contributed by atoms with Crippen LogP contribution in [0.4, 0.5) is 19.0 Å². The van der Waals surface area contributed by atoms with E-state index in [1.54, 1.807) is 12.1 Å². The Balaban J connectivity index is 1.90. The molecule has 3 rings (SSSR count). The van der Waals surface area contributed by atoms with E-state index in [4.69, 9.17) is 11.6 Å². The molecular formula is C25H31F3N6. The van der Waals surface area contributed by atoms with Gasteiger partial charge in [-0.05, 0) is 56.1 Å². The number of hydrogen-bond donors (Lipinski definition) is 3. The number of pyridine rings is 1. The van der Waals surface area contributed by atoms with Gasteiger partial charge in [-0.3, -0.25) is 9.89 Å². The van der Waals surface area contributed by atoms with Crippen LogP contribution in [0.5, 0.6) is 0 Å². The normalized spacial score (nSPS) is 16.4. The Morgan fingerprint density at radius 1 is 1.15 bits per heavy atom. The number of aliphatic imine (C=N–C) groups is 1. The predicted molar refractivity (Wildman–Crippen MR) is 131 cm³/mol. The molecule has 1 aliphatic rings. The molecule has 0 saturated carbocycles. The lowest BCUT2D eigenvalue weighted by atomic mass is 10.0. The Bertz CT molecular complexity index is 1090. The second kappa shape index (κ2) is 11.8. The van der Waals surface area contributed by atoms with Crippen LogP contribution in [0.25, 0.3) is 11.1 Å². The van der Waals surface area contributed by atoms with Crippen LogP contribution in [-0.2, 0) is 6.54 Å². The van der Waals surface area contributed by atoms with Crippen LogP contribution >= 0.6 is 0 Å². The number of aromatic nitrogens is 1. The van der Waals surface area contributed by atoms with E-state index in [1.165, 1.54) is 18.3 Å². The number of benzene rings is 1. The van der Waals surface area contributed by atoms with Crippen molar-refractivity contribution in [3.05, 3.63) is 71.2 Å². The molecule has 1 aliphatic carbocycles. The summed E-state index contributed by atoms with van der Waals surface area (Å²) in [5.41, 5.74) is 10.5. The largest absolute Gasteiger partial charge is 0.383 e. The van der Waals surface area contributed by atoms with Gasteiger partial charge in [0.15, 0.2) is 11.7 Å². The maximum atomic E-state index is 15.0. The minimum Gasteiger partial charge on any atom is -0.383 e. The number of amidine groups is 1. The molecule has 182 valence electrons. The number of hydrogen-bond acceptors (Lipinski definition) is 5. The maximum absolute atomic E-state index is 15.0. The van der Waals surface area contributed by atoms with E-state index in [-0.39, 0.29) is 23.9 Å². The highest BCUT2D eigenvalue weighted by Crippen LogP contribution is 2.27. The molecule has 9 heteroatoms. The van der Waals surface area contributed by atoms with Crippen LogP contribution < -0.4 is 17.0 Å². The molecule has 1 unspecified atom stereocenters. The summed E-state index contributed by atoms with van der Waals surface area (Å²) in [5, 5.41) is 0. The fourth-order valence-corrected chi connectivity index (χ4v) is 3.91. The molecule has 0 aliphatic heterocycles. The fourth-order valence-electron chi connectivity index (χ4n) is 3.91. The number of anilines is 1. The van der Waals surface area contributed by atoms with Crippen molar-refractivity contribution in [2.24, 2.45) is 10.8 Å². The zero-order chi connectivity index (χ0) is 24.7. The summed E-state index contributed by atoms with van der Waals surface area (Å²) in [5.74, 6) is 3.52. The molecule has 0 spiro atoms. The molecule has 0 radical (unpaired) electrons. The van der Waals surface area contributed by atoms with Gasteiger partial charge in [0.25, 0.3) is 0 Å².